The molecule has 15 heavy (non-hydrogen) atoms. The molecule has 0 radical (unpaired) electrons. The van der Waals surface area contributed by atoms with Crippen molar-refractivity contribution in [3.05, 3.63) is 23.0 Å². The van der Waals surface area contributed by atoms with E-state index in [0.717, 1.165) is 0 Å². The lowest BCUT2D eigenvalue weighted by atomic mass is 10.1. The summed E-state index contributed by atoms with van der Waals surface area (Å²) in [5.74, 6) is 0. The minimum absolute atomic E-state index is 0.184. The molecule has 0 aliphatic rings. The quantitative estimate of drug-likeness (QED) is 0.549. The van der Waals surface area contributed by atoms with Crippen LogP contribution in [0.1, 0.15) is 18.2 Å². The highest BCUT2D eigenvalue weighted by Gasteiger charge is 2.21. The van der Waals surface area contributed by atoms with Crippen LogP contribution in [0.2, 0.25) is 5.15 Å². The molecule has 84 valence electrons. The van der Waals surface area contributed by atoms with Gasteiger partial charge >= 0.3 is 0 Å². The Labute approximate surface area is 92.7 Å². The van der Waals surface area contributed by atoms with Gasteiger partial charge in [0.2, 0.25) is 0 Å². The van der Waals surface area contributed by atoms with Crippen molar-refractivity contribution in [2.75, 3.05) is 12.3 Å². The molecule has 0 spiro atoms. The second-order valence-corrected chi connectivity index (χ2v) is 3.59. The first-order valence-electron chi connectivity index (χ1n) is 4.54. The molecule has 0 amide bonds. The van der Waals surface area contributed by atoms with E-state index in [2.05, 4.69) is 4.98 Å². The summed E-state index contributed by atoms with van der Waals surface area (Å²) in [7, 11) is 0. The summed E-state index contributed by atoms with van der Waals surface area (Å²) in [5, 5.41) is 19.5. The van der Waals surface area contributed by atoms with Crippen LogP contribution in [0.15, 0.2) is 12.1 Å². The van der Waals surface area contributed by atoms with Gasteiger partial charge in [0.25, 0.3) is 0 Å². The van der Waals surface area contributed by atoms with Gasteiger partial charge in [0.15, 0.2) is 0 Å². The first kappa shape index (κ1) is 12.2. The fourth-order valence-electron chi connectivity index (χ4n) is 1.21. The molecule has 0 aliphatic carbocycles. The summed E-state index contributed by atoms with van der Waals surface area (Å²) >= 11 is 5.66. The van der Waals surface area contributed by atoms with E-state index >= 15 is 0 Å². The highest BCUT2D eigenvalue weighted by Crippen LogP contribution is 2.23. The van der Waals surface area contributed by atoms with Crippen LogP contribution in [0.4, 0.5) is 5.69 Å². The molecule has 0 bridgehead atoms. The second-order valence-electron chi connectivity index (χ2n) is 3.20. The summed E-state index contributed by atoms with van der Waals surface area (Å²) in [6.07, 6.45) is -1.87. The molecule has 0 aliphatic heterocycles. The third-order valence-corrected chi connectivity index (χ3v) is 2.24. The number of anilines is 1. The van der Waals surface area contributed by atoms with Crippen molar-refractivity contribution < 1.29 is 10.2 Å². The maximum absolute atomic E-state index is 9.72. The molecule has 0 aromatic carbocycles. The van der Waals surface area contributed by atoms with E-state index < -0.39 is 12.2 Å². The van der Waals surface area contributed by atoms with E-state index in [9.17, 15) is 10.2 Å². The smallest absolute Gasteiger partial charge is 0.129 e. The van der Waals surface area contributed by atoms with E-state index in [1.165, 1.54) is 12.1 Å². The van der Waals surface area contributed by atoms with Crippen molar-refractivity contribution in [1.29, 1.82) is 0 Å². The van der Waals surface area contributed by atoms with Gasteiger partial charge < -0.3 is 21.7 Å². The van der Waals surface area contributed by atoms with Crippen LogP contribution in [0, 0.1) is 0 Å². The number of nitrogens with two attached hydrogens (primary N) is 2. The van der Waals surface area contributed by atoms with E-state index in [0.29, 0.717) is 5.69 Å². The fourth-order valence-corrected chi connectivity index (χ4v) is 1.36. The monoisotopic (exact) mass is 231 g/mol. The van der Waals surface area contributed by atoms with Crippen molar-refractivity contribution in [3.8, 4) is 0 Å². The van der Waals surface area contributed by atoms with Crippen molar-refractivity contribution in [1.82, 2.24) is 4.98 Å². The van der Waals surface area contributed by atoms with E-state index in [4.69, 9.17) is 23.1 Å². The van der Waals surface area contributed by atoms with E-state index in [1.807, 2.05) is 0 Å². The molecule has 2 unspecified atom stereocenters. The normalized spacial score (nSPS) is 14.9. The van der Waals surface area contributed by atoms with E-state index in [1.54, 1.807) is 0 Å². The molecule has 5 nitrogen and oxygen atoms in total. The van der Waals surface area contributed by atoms with Crippen molar-refractivity contribution in [2.24, 2.45) is 5.73 Å². The Hall–Kier alpha value is -0.880. The summed E-state index contributed by atoms with van der Waals surface area (Å²) in [5.41, 5.74) is 11.3. The van der Waals surface area contributed by atoms with Crippen molar-refractivity contribution in [3.63, 3.8) is 0 Å². The number of halogens is 1. The zero-order valence-corrected chi connectivity index (χ0v) is 8.85. The van der Waals surface area contributed by atoms with Gasteiger partial charge in [-0.05, 0) is 25.1 Å². The molecular formula is C9H14ClN3O2. The van der Waals surface area contributed by atoms with E-state index in [-0.39, 0.29) is 23.8 Å². The number of hydrogen-bond donors (Lipinski definition) is 4. The van der Waals surface area contributed by atoms with Crippen LogP contribution in [-0.2, 0) is 0 Å². The lowest BCUT2D eigenvalue weighted by molar-refractivity contribution is 0.0130. The molecule has 2 atom stereocenters. The summed E-state index contributed by atoms with van der Waals surface area (Å²) < 4.78 is 0. The number of aromatic nitrogens is 1. The highest BCUT2D eigenvalue weighted by molar-refractivity contribution is 6.29. The average Bonchev–Trinajstić information content (AvgIpc) is 2.21. The fraction of sp³-hybridized carbons (Fsp3) is 0.444. The number of rotatable bonds is 4. The lowest BCUT2D eigenvalue weighted by Gasteiger charge is -2.18. The van der Waals surface area contributed by atoms with Crippen LogP contribution in [0.25, 0.3) is 0 Å². The number of nitrogens with zero attached hydrogens (tertiary/aromatic N) is 1. The molecule has 6 N–H and O–H groups in total. The highest BCUT2D eigenvalue weighted by atomic mass is 35.5. The van der Waals surface area contributed by atoms with Crippen LogP contribution >= 0.6 is 11.6 Å². The summed E-state index contributed by atoms with van der Waals surface area (Å²) in [6, 6.07) is 3.05. The van der Waals surface area contributed by atoms with Gasteiger partial charge in [0.05, 0.1) is 17.5 Å². The minimum Gasteiger partial charge on any atom is -0.397 e. The molecule has 0 saturated heterocycles. The second kappa shape index (κ2) is 5.27. The van der Waals surface area contributed by atoms with Gasteiger partial charge in [-0.2, -0.15) is 0 Å². The number of pyridine rings is 1. The van der Waals surface area contributed by atoms with Gasteiger partial charge in [-0.15, -0.1) is 0 Å². The number of aliphatic hydroxyl groups excluding tert-OH is 2. The Bertz CT molecular complexity index is 335. The summed E-state index contributed by atoms with van der Waals surface area (Å²) in [4.78, 5) is 3.87. The standard InChI is InChI=1S/C9H14ClN3O2/c10-7-2-1-5(12)8(13-7)9(15)6(14)3-4-11/h1-2,6,9,14-15H,3-4,11-12H2. The Kier molecular flexibility index (Phi) is 4.28. The Morgan fingerprint density at radius 3 is 2.67 bits per heavy atom. The first-order chi connectivity index (χ1) is 7.06. The molecule has 6 heteroatoms. The third kappa shape index (κ3) is 3.04. The number of nitrogen functional groups attached to an aromatic ring is 1. The SMILES string of the molecule is NCCC(O)C(O)c1nc(Cl)ccc1N. The summed E-state index contributed by atoms with van der Waals surface area (Å²) in [6.45, 7) is 0.276. The first-order valence-corrected chi connectivity index (χ1v) is 4.92. The Morgan fingerprint density at radius 2 is 2.07 bits per heavy atom. The lowest BCUT2D eigenvalue weighted by Crippen LogP contribution is -2.23. The zero-order chi connectivity index (χ0) is 11.4. The van der Waals surface area contributed by atoms with Gasteiger partial charge in [0, 0.05) is 0 Å². The molecule has 1 aromatic heterocycles. The number of hydrogen-bond acceptors (Lipinski definition) is 5. The van der Waals surface area contributed by atoms with Gasteiger partial charge in [-0.1, -0.05) is 11.6 Å². The molecule has 0 fully saturated rings. The van der Waals surface area contributed by atoms with Crippen molar-refractivity contribution >= 4 is 17.3 Å². The third-order valence-electron chi connectivity index (χ3n) is 2.03. The maximum atomic E-state index is 9.72. The van der Waals surface area contributed by atoms with Gasteiger partial charge in [-0.25, -0.2) is 4.98 Å². The predicted molar refractivity (Wildman–Crippen MR) is 58.3 cm³/mol. The molecule has 0 saturated carbocycles. The number of aliphatic hydroxyl groups is 2. The topological polar surface area (TPSA) is 105 Å². The van der Waals surface area contributed by atoms with Crippen LogP contribution in [0.3, 0.4) is 0 Å². The molecule has 1 aromatic rings. The van der Waals surface area contributed by atoms with Crippen LogP contribution < -0.4 is 11.5 Å². The van der Waals surface area contributed by atoms with Gasteiger partial charge in [-0.3, -0.25) is 0 Å². The maximum Gasteiger partial charge on any atom is 0.129 e. The molecule has 1 rings (SSSR count). The molecule has 1 heterocycles. The Morgan fingerprint density at radius 1 is 1.40 bits per heavy atom. The molecular weight excluding hydrogens is 218 g/mol. The van der Waals surface area contributed by atoms with Gasteiger partial charge in [0.1, 0.15) is 11.3 Å². The largest absolute Gasteiger partial charge is 0.397 e. The Balaban J connectivity index is 2.89. The van der Waals surface area contributed by atoms with Crippen LogP contribution in [0.5, 0.6) is 0 Å². The average molecular weight is 232 g/mol. The minimum atomic E-state index is -1.16. The zero-order valence-electron chi connectivity index (χ0n) is 8.10. The predicted octanol–water partition coefficient (Wildman–Crippen LogP) is 0.0603. The van der Waals surface area contributed by atoms with Crippen molar-refractivity contribution in [2.45, 2.75) is 18.6 Å². The van der Waals surface area contributed by atoms with Crippen LogP contribution in [-0.4, -0.2) is 27.8 Å².